The number of carbonyl (C=O) groups excluding carboxylic acids is 1. The van der Waals surface area contributed by atoms with Gasteiger partial charge in [-0.25, -0.2) is 0 Å². The third-order valence-corrected chi connectivity index (χ3v) is 5.18. The number of carbonyl (C=O) groups is 1. The van der Waals surface area contributed by atoms with Crippen LogP contribution in [-0.2, 0) is 12.8 Å². The minimum Gasteiger partial charge on any atom is -0.350 e. The maximum Gasteiger partial charge on any atom is 0.261 e. The Morgan fingerprint density at radius 2 is 2.22 bits per heavy atom. The highest BCUT2D eigenvalue weighted by atomic mass is 32.1. The molecule has 4 heteroatoms. The van der Waals surface area contributed by atoms with E-state index < -0.39 is 0 Å². The lowest BCUT2D eigenvalue weighted by atomic mass is 9.99. The van der Waals surface area contributed by atoms with E-state index in [2.05, 4.69) is 11.4 Å². The normalized spacial score (nSPS) is 20.3. The van der Waals surface area contributed by atoms with Crippen molar-refractivity contribution in [1.82, 2.24) is 5.32 Å². The second-order valence-electron chi connectivity index (χ2n) is 5.48. The quantitative estimate of drug-likeness (QED) is 0.875. The summed E-state index contributed by atoms with van der Waals surface area (Å²) in [6, 6.07) is 2.22. The molecule has 0 radical (unpaired) electrons. The van der Waals surface area contributed by atoms with Crippen molar-refractivity contribution < 1.29 is 4.79 Å². The van der Waals surface area contributed by atoms with Crippen molar-refractivity contribution in [3.05, 3.63) is 21.4 Å². The fourth-order valence-electron chi connectivity index (χ4n) is 2.59. The van der Waals surface area contributed by atoms with Gasteiger partial charge in [0.1, 0.15) is 0 Å². The first-order chi connectivity index (χ1) is 8.74. The highest BCUT2D eigenvalue weighted by Crippen LogP contribution is 2.31. The van der Waals surface area contributed by atoms with E-state index in [1.165, 1.54) is 36.1 Å². The van der Waals surface area contributed by atoms with Crippen LogP contribution in [0.3, 0.4) is 0 Å². The van der Waals surface area contributed by atoms with Crippen molar-refractivity contribution in [3.8, 4) is 0 Å². The molecule has 1 saturated carbocycles. The molecule has 1 amide bonds. The lowest BCUT2D eigenvalue weighted by Crippen LogP contribution is -2.38. The number of aryl methyl sites for hydroxylation is 2. The summed E-state index contributed by atoms with van der Waals surface area (Å²) in [7, 11) is 0. The van der Waals surface area contributed by atoms with Crippen molar-refractivity contribution in [2.75, 3.05) is 6.54 Å². The Morgan fingerprint density at radius 3 is 2.94 bits per heavy atom. The smallest absolute Gasteiger partial charge is 0.261 e. The summed E-state index contributed by atoms with van der Waals surface area (Å²) in [5.41, 5.74) is 7.38. The molecule has 3 rings (SSSR count). The van der Waals surface area contributed by atoms with E-state index in [1.807, 2.05) is 0 Å². The zero-order chi connectivity index (χ0) is 12.5. The van der Waals surface area contributed by atoms with Gasteiger partial charge >= 0.3 is 0 Å². The van der Waals surface area contributed by atoms with E-state index in [1.54, 1.807) is 11.3 Å². The van der Waals surface area contributed by atoms with E-state index in [0.717, 1.165) is 17.7 Å². The molecule has 1 atom stereocenters. The highest BCUT2D eigenvalue weighted by Gasteiger charge is 2.28. The van der Waals surface area contributed by atoms with E-state index in [9.17, 15) is 4.79 Å². The molecule has 1 heterocycles. The molecule has 98 valence electrons. The number of rotatable bonds is 4. The van der Waals surface area contributed by atoms with Crippen LogP contribution in [0.15, 0.2) is 6.07 Å². The minimum absolute atomic E-state index is 0.0606. The molecule has 1 fully saturated rings. The molecule has 1 aromatic rings. The van der Waals surface area contributed by atoms with Crippen LogP contribution in [0.1, 0.15) is 45.8 Å². The summed E-state index contributed by atoms with van der Waals surface area (Å²) in [5.74, 6) is 0.701. The summed E-state index contributed by atoms with van der Waals surface area (Å²) < 4.78 is 0. The van der Waals surface area contributed by atoms with Crippen LogP contribution in [0.25, 0.3) is 0 Å². The molecule has 0 aliphatic heterocycles. The molecule has 2 aliphatic rings. The van der Waals surface area contributed by atoms with Gasteiger partial charge in [0, 0.05) is 17.5 Å². The summed E-state index contributed by atoms with van der Waals surface area (Å²) >= 11 is 1.67. The van der Waals surface area contributed by atoms with Gasteiger partial charge in [-0.3, -0.25) is 4.79 Å². The van der Waals surface area contributed by atoms with E-state index >= 15 is 0 Å². The molecular formula is C14H20N2OS. The van der Waals surface area contributed by atoms with Crippen LogP contribution < -0.4 is 11.1 Å². The van der Waals surface area contributed by atoms with Gasteiger partial charge < -0.3 is 11.1 Å². The number of fused-ring (bicyclic) bond motifs is 1. The highest BCUT2D eigenvalue weighted by molar-refractivity contribution is 7.14. The van der Waals surface area contributed by atoms with Crippen LogP contribution >= 0.6 is 11.3 Å². The third-order valence-electron chi connectivity index (χ3n) is 3.95. The maximum absolute atomic E-state index is 12.1. The number of nitrogens with two attached hydrogens (primary N) is 1. The average Bonchev–Trinajstić information content (AvgIpc) is 3.14. The van der Waals surface area contributed by atoms with E-state index in [-0.39, 0.29) is 11.9 Å². The van der Waals surface area contributed by atoms with Crippen LogP contribution in [0.5, 0.6) is 0 Å². The Labute approximate surface area is 112 Å². The van der Waals surface area contributed by atoms with Gasteiger partial charge in [-0.2, -0.15) is 0 Å². The standard InChI is InChI=1S/C14H20N2OS/c15-11(9-5-6-9)8-16-14(17)13-7-10-3-1-2-4-12(10)18-13/h7,9,11H,1-6,8,15H2,(H,16,17). The molecule has 1 aromatic heterocycles. The van der Waals surface area contributed by atoms with Crippen LogP contribution in [0.4, 0.5) is 0 Å². The van der Waals surface area contributed by atoms with Crippen molar-refractivity contribution >= 4 is 17.2 Å². The summed E-state index contributed by atoms with van der Waals surface area (Å²) in [4.78, 5) is 14.3. The van der Waals surface area contributed by atoms with Gasteiger partial charge in [0.25, 0.3) is 5.91 Å². The topological polar surface area (TPSA) is 55.1 Å². The monoisotopic (exact) mass is 264 g/mol. The Morgan fingerprint density at radius 1 is 1.44 bits per heavy atom. The van der Waals surface area contributed by atoms with Crippen molar-refractivity contribution in [3.63, 3.8) is 0 Å². The Hall–Kier alpha value is -0.870. The maximum atomic E-state index is 12.1. The van der Waals surface area contributed by atoms with Crippen LogP contribution in [0, 0.1) is 5.92 Å². The number of nitrogens with one attached hydrogen (secondary N) is 1. The summed E-state index contributed by atoms with van der Waals surface area (Å²) in [6.45, 7) is 0.617. The van der Waals surface area contributed by atoms with Gasteiger partial charge in [-0.05, 0) is 56.1 Å². The molecule has 0 saturated heterocycles. The second kappa shape index (κ2) is 5.02. The fraction of sp³-hybridized carbons (Fsp3) is 0.643. The number of hydrogen-bond acceptors (Lipinski definition) is 3. The number of thiophene rings is 1. The Kier molecular flexibility index (Phi) is 3.39. The predicted molar refractivity (Wildman–Crippen MR) is 74.0 cm³/mol. The molecule has 3 nitrogen and oxygen atoms in total. The van der Waals surface area contributed by atoms with Crippen molar-refractivity contribution in [2.24, 2.45) is 11.7 Å². The van der Waals surface area contributed by atoms with Gasteiger partial charge in [0.05, 0.1) is 4.88 Å². The summed E-state index contributed by atoms with van der Waals surface area (Å²) in [5, 5.41) is 2.98. The number of amides is 1. The molecule has 0 bridgehead atoms. The molecule has 0 spiro atoms. The second-order valence-corrected chi connectivity index (χ2v) is 6.61. The summed E-state index contributed by atoms with van der Waals surface area (Å²) in [6.07, 6.45) is 7.27. The van der Waals surface area contributed by atoms with Crippen LogP contribution in [-0.4, -0.2) is 18.5 Å². The first kappa shape index (κ1) is 12.2. The minimum atomic E-state index is 0.0606. The van der Waals surface area contributed by atoms with E-state index in [0.29, 0.717) is 12.5 Å². The average molecular weight is 264 g/mol. The van der Waals surface area contributed by atoms with Gasteiger partial charge in [-0.1, -0.05) is 0 Å². The molecule has 3 N–H and O–H groups in total. The molecule has 0 aromatic carbocycles. The third kappa shape index (κ3) is 2.59. The van der Waals surface area contributed by atoms with Crippen molar-refractivity contribution in [1.29, 1.82) is 0 Å². The predicted octanol–water partition coefficient (Wildman–Crippen LogP) is 2.09. The largest absolute Gasteiger partial charge is 0.350 e. The molecule has 2 aliphatic carbocycles. The zero-order valence-electron chi connectivity index (χ0n) is 10.6. The lowest BCUT2D eigenvalue weighted by molar-refractivity contribution is 0.0954. The first-order valence-corrected chi connectivity index (χ1v) is 7.71. The Balaban J connectivity index is 1.59. The zero-order valence-corrected chi connectivity index (χ0v) is 11.4. The van der Waals surface area contributed by atoms with E-state index in [4.69, 9.17) is 5.73 Å². The van der Waals surface area contributed by atoms with Gasteiger partial charge in [0.2, 0.25) is 0 Å². The molecule has 1 unspecified atom stereocenters. The fourth-order valence-corrected chi connectivity index (χ4v) is 3.76. The van der Waals surface area contributed by atoms with Gasteiger partial charge in [-0.15, -0.1) is 11.3 Å². The molecular weight excluding hydrogens is 244 g/mol. The van der Waals surface area contributed by atoms with Gasteiger partial charge in [0.15, 0.2) is 0 Å². The lowest BCUT2D eigenvalue weighted by Gasteiger charge is -2.10. The number of hydrogen-bond donors (Lipinski definition) is 2. The first-order valence-electron chi connectivity index (χ1n) is 6.89. The molecule has 18 heavy (non-hydrogen) atoms. The SMILES string of the molecule is NC(CNC(=O)c1cc2c(s1)CCCC2)C1CC1. The van der Waals surface area contributed by atoms with Crippen molar-refractivity contribution in [2.45, 2.75) is 44.6 Å². The Bertz CT molecular complexity index is 427. The van der Waals surface area contributed by atoms with Crippen LogP contribution in [0.2, 0.25) is 0 Å².